The SMILES string of the molecule is CC(=O)Nc1cccc(N(CC(=O)Nc2cc(C)on2)C(C)=O)c1. The van der Waals surface area contributed by atoms with Crippen LogP contribution in [0, 0.1) is 6.92 Å². The van der Waals surface area contributed by atoms with Crippen molar-refractivity contribution in [3.8, 4) is 0 Å². The Hall–Kier alpha value is -3.16. The molecule has 0 aliphatic heterocycles. The largest absolute Gasteiger partial charge is 0.360 e. The van der Waals surface area contributed by atoms with Crippen molar-refractivity contribution < 1.29 is 18.9 Å². The Balaban J connectivity index is 2.12. The lowest BCUT2D eigenvalue weighted by Gasteiger charge is -2.21. The summed E-state index contributed by atoms with van der Waals surface area (Å²) < 4.78 is 4.87. The molecule has 126 valence electrons. The predicted octanol–water partition coefficient (Wildman–Crippen LogP) is 1.93. The molecule has 0 atom stereocenters. The lowest BCUT2D eigenvalue weighted by molar-refractivity contribution is -0.120. The van der Waals surface area contributed by atoms with E-state index >= 15 is 0 Å². The van der Waals surface area contributed by atoms with E-state index in [1.807, 2.05) is 0 Å². The molecular formula is C16H18N4O4. The average Bonchev–Trinajstić information content (AvgIpc) is 2.89. The number of aryl methyl sites for hydroxylation is 1. The summed E-state index contributed by atoms with van der Waals surface area (Å²) in [6.07, 6.45) is 0. The molecule has 0 saturated heterocycles. The van der Waals surface area contributed by atoms with Crippen molar-refractivity contribution in [1.82, 2.24) is 5.16 Å². The van der Waals surface area contributed by atoms with Gasteiger partial charge in [-0.2, -0.15) is 0 Å². The Kier molecular flexibility index (Phi) is 5.31. The molecule has 0 unspecified atom stereocenters. The zero-order chi connectivity index (χ0) is 17.7. The van der Waals surface area contributed by atoms with E-state index in [-0.39, 0.29) is 24.2 Å². The van der Waals surface area contributed by atoms with Gasteiger partial charge in [0, 0.05) is 31.3 Å². The van der Waals surface area contributed by atoms with Gasteiger partial charge < -0.3 is 20.1 Å². The van der Waals surface area contributed by atoms with Crippen LogP contribution in [0.5, 0.6) is 0 Å². The van der Waals surface area contributed by atoms with E-state index in [2.05, 4.69) is 15.8 Å². The summed E-state index contributed by atoms with van der Waals surface area (Å²) in [7, 11) is 0. The fraction of sp³-hybridized carbons (Fsp3) is 0.250. The Bertz CT molecular complexity index is 769. The first-order valence-corrected chi connectivity index (χ1v) is 7.24. The number of hydrogen-bond acceptors (Lipinski definition) is 5. The Morgan fingerprint density at radius 2 is 1.92 bits per heavy atom. The second kappa shape index (κ2) is 7.40. The summed E-state index contributed by atoms with van der Waals surface area (Å²) >= 11 is 0. The molecule has 2 N–H and O–H groups in total. The van der Waals surface area contributed by atoms with Gasteiger partial charge in [0.15, 0.2) is 5.82 Å². The smallest absolute Gasteiger partial charge is 0.245 e. The van der Waals surface area contributed by atoms with E-state index in [1.54, 1.807) is 37.3 Å². The first kappa shape index (κ1) is 17.2. The van der Waals surface area contributed by atoms with Gasteiger partial charge in [0.1, 0.15) is 12.3 Å². The van der Waals surface area contributed by atoms with Crippen LogP contribution in [0.15, 0.2) is 34.9 Å². The van der Waals surface area contributed by atoms with E-state index in [9.17, 15) is 14.4 Å². The Labute approximate surface area is 138 Å². The molecule has 0 saturated carbocycles. The summed E-state index contributed by atoms with van der Waals surface area (Å²) in [5, 5.41) is 8.86. The third-order valence-electron chi connectivity index (χ3n) is 3.06. The van der Waals surface area contributed by atoms with E-state index in [4.69, 9.17) is 4.52 Å². The molecule has 8 nitrogen and oxygen atoms in total. The first-order valence-electron chi connectivity index (χ1n) is 7.24. The van der Waals surface area contributed by atoms with Crippen molar-refractivity contribution in [3.63, 3.8) is 0 Å². The van der Waals surface area contributed by atoms with Crippen LogP contribution < -0.4 is 15.5 Å². The van der Waals surface area contributed by atoms with Crippen molar-refractivity contribution in [1.29, 1.82) is 0 Å². The second-order valence-corrected chi connectivity index (χ2v) is 5.21. The number of carbonyl (C=O) groups excluding carboxylic acids is 3. The van der Waals surface area contributed by atoms with Crippen molar-refractivity contribution in [3.05, 3.63) is 36.1 Å². The van der Waals surface area contributed by atoms with Gasteiger partial charge in [-0.3, -0.25) is 14.4 Å². The van der Waals surface area contributed by atoms with Crippen LogP contribution in [0.2, 0.25) is 0 Å². The molecule has 0 aliphatic carbocycles. The van der Waals surface area contributed by atoms with Crippen LogP contribution >= 0.6 is 0 Å². The van der Waals surface area contributed by atoms with Gasteiger partial charge >= 0.3 is 0 Å². The minimum Gasteiger partial charge on any atom is -0.360 e. The molecule has 1 heterocycles. The van der Waals surface area contributed by atoms with Crippen molar-refractivity contribution in [2.24, 2.45) is 0 Å². The molecular weight excluding hydrogens is 312 g/mol. The third-order valence-corrected chi connectivity index (χ3v) is 3.06. The quantitative estimate of drug-likeness (QED) is 0.871. The predicted molar refractivity (Wildman–Crippen MR) is 88.6 cm³/mol. The topological polar surface area (TPSA) is 105 Å². The minimum atomic E-state index is -0.413. The van der Waals surface area contributed by atoms with Gasteiger partial charge in [0.2, 0.25) is 17.7 Å². The van der Waals surface area contributed by atoms with E-state index in [0.717, 1.165) is 0 Å². The van der Waals surface area contributed by atoms with Crippen molar-refractivity contribution in [2.75, 3.05) is 22.1 Å². The lowest BCUT2D eigenvalue weighted by Crippen LogP contribution is -2.36. The zero-order valence-electron chi connectivity index (χ0n) is 13.6. The summed E-state index contributed by atoms with van der Waals surface area (Å²) in [5.74, 6) is -0.0877. The van der Waals surface area contributed by atoms with Crippen LogP contribution in [-0.4, -0.2) is 29.4 Å². The fourth-order valence-electron chi connectivity index (χ4n) is 2.09. The standard InChI is InChI=1S/C16H18N4O4/c1-10-7-15(19-24-10)18-16(23)9-20(12(3)22)14-6-4-5-13(8-14)17-11(2)21/h4-8H,9H2,1-3H3,(H,17,21)(H,18,19,23). The highest BCUT2D eigenvalue weighted by atomic mass is 16.5. The molecule has 0 radical (unpaired) electrons. The molecule has 0 fully saturated rings. The number of amides is 3. The number of nitrogens with zero attached hydrogens (tertiary/aromatic N) is 2. The van der Waals surface area contributed by atoms with E-state index < -0.39 is 5.91 Å². The number of nitrogens with one attached hydrogen (secondary N) is 2. The third kappa shape index (κ3) is 4.67. The van der Waals surface area contributed by atoms with Crippen molar-refractivity contribution in [2.45, 2.75) is 20.8 Å². The van der Waals surface area contributed by atoms with Gasteiger partial charge in [-0.15, -0.1) is 0 Å². The average molecular weight is 330 g/mol. The molecule has 0 bridgehead atoms. The number of rotatable bonds is 5. The van der Waals surface area contributed by atoms with Gasteiger partial charge in [0.05, 0.1) is 0 Å². The number of hydrogen-bond donors (Lipinski definition) is 2. The zero-order valence-corrected chi connectivity index (χ0v) is 13.6. The van der Waals surface area contributed by atoms with E-state index in [0.29, 0.717) is 17.1 Å². The molecule has 2 aromatic rings. The maximum absolute atomic E-state index is 12.1. The first-order chi connectivity index (χ1) is 11.3. The maximum Gasteiger partial charge on any atom is 0.245 e. The molecule has 2 rings (SSSR count). The van der Waals surface area contributed by atoms with Gasteiger partial charge in [-0.05, 0) is 25.1 Å². The summed E-state index contributed by atoms with van der Waals surface area (Å²) in [6.45, 7) is 4.27. The van der Waals surface area contributed by atoms with Crippen LogP contribution in [-0.2, 0) is 14.4 Å². The van der Waals surface area contributed by atoms with Crippen LogP contribution in [0.25, 0.3) is 0 Å². The minimum absolute atomic E-state index is 0.190. The highest BCUT2D eigenvalue weighted by Crippen LogP contribution is 2.20. The highest BCUT2D eigenvalue weighted by molar-refractivity contribution is 6.02. The number of carbonyl (C=O) groups is 3. The monoisotopic (exact) mass is 330 g/mol. The van der Waals surface area contributed by atoms with Gasteiger partial charge in [-0.25, -0.2) is 0 Å². The second-order valence-electron chi connectivity index (χ2n) is 5.21. The highest BCUT2D eigenvalue weighted by Gasteiger charge is 2.17. The van der Waals surface area contributed by atoms with Crippen LogP contribution in [0.4, 0.5) is 17.2 Å². The fourth-order valence-corrected chi connectivity index (χ4v) is 2.09. The number of aromatic nitrogens is 1. The number of anilines is 3. The molecule has 0 aliphatic rings. The normalized spacial score (nSPS) is 10.1. The van der Waals surface area contributed by atoms with Gasteiger partial charge in [-0.1, -0.05) is 11.2 Å². The van der Waals surface area contributed by atoms with Crippen LogP contribution in [0.3, 0.4) is 0 Å². The Morgan fingerprint density at radius 1 is 1.17 bits per heavy atom. The maximum atomic E-state index is 12.1. The summed E-state index contributed by atoms with van der Waals surface area (Å²) in [4.78, 5) is 36.4. The molecule has 3 amide bonds. The Morgan fingerprint density at radius 3 is 2.50 bits per heavy atom. The summed E-state index contributed by atoms with van der Waals surface area (Å²) in [6, 6.07) is 8.26. The summed E-state index contributed by atoms with van der Waals surface area (Å²) in [5.41, 5.74) is 1.04. The molecule has 0 spiro atoms. The van der Waals surface area contributed by atoms with Crippen LogP contribution in [0.1, 0.15) is 19.6 Å². The van der Waals surface area contributed by atoms with E-state index in [1.165, 1.54) is 18.7 Å². The van der Waals surface area contributed by atoms with Crippen molar-refractivity contribution >= 4 is 34.9 Å². The molecule has 24 heavy (non-hydrogen) atoms. The molecule has 1 aromatic heterocycles. The number of benzene rings is 1. The molecule has 1 aromatic carbocycles. The lowest BCUT2D eigenvalue weighted by atomic mass is 10.2. The van der Waals surface area contributed by atoms with Gasteiger partial charge in [0.25, 0.3) is 0 Å². The molecule has 8 heteroatoms.